The number of alkyl halides is 3. The van der Waals surface area contributed by atoms with Crippen molar-refractivity contribution in [2.45, 2.75) is 17.4 Å². The zero-order chi connectivity index (χ0) is 19.1. The van der Waals surface area contributed by atoms with Gasteiger partial charge in [-0.1, -0.05) is 0 Å². The minimum absolute atomic E-state index is 0.141. The monoisotopic (exact) mass is 388 g/mol. The Kier molecular flexibility index (Phi) is 4.36. The molecule has 11 heteroatoms. The summed E-state index contributed by atoms with van der Waals surface area (Å²) in [6, 6.07) is 5.15. The van der Waals surface area contributed by atoms with Crippen molar-refractivity contribution in [1.29, 1.82) is 0 Å². The number of primary sulfonamides is 1. The number of nitrogens with two attached hydrogens (primary N) is 1. The van der Waals surface area contributed by atoms with Crippen molar-refractivity contribution in [3.05, 3.63) is 61.0 Å². The molecule has 0 radical (unpaired) electrons. The first-order chi connectivity index (χ1) is 12.1. The first-order valence-electron chi connectivity index (χ1n) is 7.28. The SMILES string of the molecule is CN1C=CN(C2OC(C(F)(F)F)=CN2c2ccc(S(N)(=O)=O)cc2)C=C1. The molecule has 0 saturated heterocycles. The molecule has 1 aromatic rings. The molecule has 0 spiro atoms. The van der Waals surface area contributed by atoms with E-state index in [1.54, 1.807) is 36.7 Å². The number of rotatable bonds is 3. The summed E-state index contributed by atoms with van der Waals surface area (Å²) in [5, 5.41) is 5.04. The van der Waals surface area contributed by atoms with Gasteiger partial charge in [-0.25, -0.2) is 13.6 Å². The van der Waals surface area contributed by atoms with Gasteiger partial charge in [-0.05, 0) is 24.3 Å². The van der Waals surface area contributed by atoms with Gasteiger partial charge in [0, 0.05) is 37.5 Å². The van der Waals surface area contributed by atoms with Crippen LogP contribution in [-0.2, 0) is 14.8 Å². The van der Waals surface area contributed by atoms with Crippen molar-refractivity contribution < 1.29 is 26.3 Å². The lowest BCUT2D eigenvalue weighted by Gasteiger charge is -2.33. The summed E-state index contributed by atoms with van der Waals surface area (Å²) in [6.45, 7) is 0. The van der Waals surface area contributed by atoms with Crippen LogP contribution < -0.4 is 10.0 Å². The average Bonchev–Trinajstić information content (AvgIpc) is 3.00. The summed E-state index contributed by atoms with van der Waals surface area (Å²) in [4.78, 5) is 4.27. The Labute approximate surface area is 148 Å². The van der Waals surface area contributed by atoms with E-state index in [-0.39, 0.29) is 4.90 Å². The molecule has 140 valence electrons. The molecule has 2 N–H and O–H groups in total. The number of allylic oxidation sites excluding steroid dienone is 1. The Hall–Kier alpha value is -2.66. The van der Waals surface area contributed by atoms with Crippen molar-refractivity contribution in [3.63, 3.8) is 0 Å². The second-order valence-corrected chi connectivity index (χ2v) is 7.15. The van der Waals surface area contributed by atoms with Gasteiger partial charge in [-0.2, -0.15) is 13.2 Å². The molecule has 0 aromatic heterocycles. The molecule has 1 atom stereocenters. The van der Waals surface area contributed by atoms with Crippen LogP contribution in [0.25, 0.3) is 0 Å². The van der Waals surface area contributed by atoms with Gasteiger partial charge in [0.15, 0.2) is 0 Å². The number of halogens is 3. The van der Waals surface area contributed by atoms with Crippen molar-refractivity contribution in [2.24, 2.45) is 5.14 Å². The maximum atomic E-state index is 13.1. The molecular weight excluding hydrogens is 373 g/mol. The molecule has 0 saturated carbocycles. The van der Waals surface area contributed by atoms with Crippen LogP contribution in [-0.4, -0.2) is 37.8 Å². The van der Waals surface area contributed by atoms with Crippen LogP contribution in [0.1, 0.15) is 0 Å². The Bertz CT molecular complexity index is 864. The third-order valence-electron chi connectivity index (χ3n) is 3.67. The van der Waals surface area contributed by atoms with E-state index in [2.05, 4.69) is 0 Å². The fourth-order valence-electron chi connectivity index (χ4n) is 2.36. The number of sulfonamides is 1. The molecule has 7 nitrogen and oxygen atoms in total. The highest BCUT2D eigenvalue weighted by atomic mass is 32.2. The lowest BCUT2D eigenvalue weighted by Crippen LogP contribution is -2.40. The predicted molar refractivity (Wildman–Crippen MR) is 87.2 cm³/mol. The summed E-state index contributed by atoms with van der Waals surface area (Å²) in [6.07, 6.45) is 1.47. The Morgan fingerprint density at radius 1 is 1.08 bits per heavy atom. The number of hydrogen-bond acceptors (Lipinski definition) is 6. The quantitative estimate of drug-likeness (QED) is 0.854. The first kappa shape index (κ1) is 18.1. The van der Waals surface area contributed by atoms with Gasteiger partial charge >= 0.3 is 6.18 Å². The summed E-state index contributed by atoms with van der Waals surface area (Å²) in [7, 11) is -2.13. The average molecular weight is 388 g/mol. The minimum Gasteiger partial charge on any atom is -0.445 e. The van der Waals surface area contributed by atoms with Gasteiger partial charge < -0.3 is 9.64 Å². The molecule has 3 rings (SSSR count). The van der Waals surface area contributed by atoms with Crippen LogP contribution in [0.3, 0.4) is 0 Å². The topological polar surface area (TPSA) is 79.1 Å². The van der Waals surface area contributed by atoms with Crippen LogP contribution in [0.2, 0.25) is 0 Å². The molecule has 2 aliphatic rings. The highest BCUT2D eigenvalue weighted by molar-refractivity contribution is 7.89. The summed E-state index contributed by atoms with van der Waals surface area (Å²) >= 11 is 0. The van der Waals surface area contributed by atoms with E-state index in [0.29, 0.717) is 5.69 Å². The van der Waals surface area contributed by atoms with Gasteiger partial charge in [0.2, 0.25) is 15.8 Å². The van der Waals surface area contributed by atoms with E-state index >= 15 is 0 Å². The van der Waals surface area contributed by atoms with Gasteiger partial charge in [0.25, 0.3) is 6.35 Å². The highest BCUT2D eigenvalue weighted by Gasteiger charge is 2.44. The maximum absolute atomic E-state index is 13.1. The van der Waals surface area contributed by atoms with Crippen molar-refractivity contribution in [1.82, 2.24) is 9.80 Å². The number of hydrogen-bond donors (Lipinski definition) is 1. The Balaban J connectivity index is 1.95. The fourth-order valence-corrected chi connectivity index (χ4v) is 2.87. The van der Waals surface area contributed by atoms with Crippen LogP contribution in [0, 0.1) is 0 Å². The van der Waals surface area contributed by atoms with E-state index < -0.39 is 28.3 Å². The number of ether oxygens (including phenoxy) is 1. The zero-order valence-electron chi connectivity index (χ0n) is 13.5. The molecule has 1 unspecified atom stereocenters. The second-order valence-electron chi connectivity index (χ2n) is 5.59. The van der Waals surface area contributed by atoms with E-state index in [4.69, 9.17) is 9.88 Å². The predicted octanol–water partition coefficient (Wildman–Crippen LogP) is 2.05. The molecule has 26 heavy (non-hydrogen) atoms. The Morgan fingerprint density at radius 2 is 1.65 bits per heavy atom. The van der Waals surface area contributed by atoms with Crippen LogP contribution in [0.4, 0.5) is 18.9 Å². The highest BCUT2D eigenvalue weighted by Crippen LogP contribution is 2.37. The van der Waals surface area contributed by atoms with E-state index in [1.807, 2.05) is 0 Å². The normalized spacial score (nSPS) is 20.4. The zero-order valence-corrected chi connectivity index (χ0v) is 14.3. The third-order valence-corrected chi connectivity index (χ3v) is 4.60. The van der Waals surface area contributed by atoms with E-state index in [9.17, 15) is 21.6 Å². The van der Waals surface area contributed by atoms with Crippen LogP contribution in [0.5, 0.6) is 0 Å². The summed E-state index contributed by atoms with van der Waals surface area (Å²) < 4.78 is 67.0. The largest absolute Gasteiger partial charge is 0.450 e. The molecule has 0 aliphatic carbocycles. The van der Waals surface area contributed by atoms with Gasteiger partial charge in [-0.3, -0.25) is 9.80 Å². The molecule has 0 bridgehead atoms. The standard InChI is InChI=1S/C15H15F3N4O3S/c1-20-6-8-21(9-7-20)14-22(10-13(25-14)15(16,17)18)11-2-4-12(5-3-11)26(19,23)24/h2-10,14H,1H3,(H2,19,23,24). The maximum Gasteiger partial charge on any atom is 0.450 e. The second kappa shape index (κ2) is 6.25. The van der Waals surface area contributed by atoms with Gasteiger partial charge in [0.1, 0.15) is 0 Å². The van der Waals surface area contributed by atoms with E-state index in [1.165, 1.54) is 34.1 Å². The summed E-state index contributed by atoms with van der Waals surface area (Å²) in [5.74, 6) is -1.15. The lowest BCUT2D eigenvalue weighted by atomic mass is 10.3. The van der Waals surface area contributed by atoms with Crippen LogP contribution >= 0.6 is 0 Å². The molecule has 2 aliphatic heterocycles. The molecule has 0 amide bonds. The van der Waals surface area contributed by atoms with E-state index in [0.717, 1.165) is 6.20 Å². The Morgan fingerprint density at radius 3 is 2.15 bits per heavy atom. The molecule has 1 aromatic carbocycles. The van der Waals surface area contributed by atoms with Gasteiger partial charge in [0.05, 0.1) is 11.1 Å². The minimum atomic E-state index is -4.66. The molecule has 2 heterocycles. The molecular formula is C15H15F3N4O3S. The fraction of sp³-hybridized carbons (Fsp3) is 0.200. The summed E-state index contributed by atoms with van der Waals surface area (Å²) in [5.41, 5.74) is 0.308. The van der Waals surface area contributed by atoms with Crippen molar-refractivity contribution in [2.75, 3.05) is 11.9 Å². The first-order valence-corrected chi connectivity index (χ1v) is 8.83. The lowest BCUT2D eigenvalue weighted by molar-refractivity contribution is -0.141. The van der Waals surface area contributed by atoms with Gasteiger partial charge in [-0.15, -0.1) is 0 Å². The van der Waals surface area contributed by atoms with Crippen molar-refractivity contribution >= 4 is 15.7 Å². The number of nitrogens with zero attached hydrogens (tertiary/aromatic N) is 3. The number of anilines is 1. The number of benzene rings is 1. The smallest absolute Gasteiger partial charge is 0.445 e. The van der Waals surface area contributed by atoms with Crippen molar-refractivity contribution in [3.8, 4) is 0 Å². The van der Waals surface area contributed by atoms with Crippen LogP contribution in [0.15, 0.2) is 65.9 Å². The molecule has 0 fully saturated rings. The third kappa shape index (κ3) is 3.63.